The molecule has 3 N–H and O–H groups in total. The average Bonchev–Trinajstić information content (AvgIpc) is 2.46. The highest BCUT2D eigenvalue weighted by molar-refractivity contribution is 8.00. The minimum Gasteiger partial charge on any atom is -0.480 e. The third-order valence-corrected chi connectivity index (χ3v) is 4.52. The Hall–Kier alpha value is -0.950. The van der Waals surface area contributed by atoms with Gasteiger partial charge < -0.3 is 20.4 Å². The number of aliphatic carboxylic acids is 1. The summed E-state index contributed by atoms with van der Waals surface area (Å²) in [6.07, 6.45) is -0.267. The molecule has 19 heavy (non-hydrogen) atoms. The molecule has 7 heteroatoms. The second kappa shape index (κ2) is 6.47. The third kappa shape index (κ3) is 4.91. The van der Waals surface area contributed by atoms with Crippen molar-refractivity contribution in [3.63, 3.8) is 0 Å². The zero-order chi connectivity index (χ0) is 14.6. The lowest BCUT2D eigenvalue weighted by Gasteiger charge is -2.25. The van der Waals surface area contributed by atoms with E-state index in [9.17, 15) is 14.7 Å². The summed E-state index contributed by atoms with van der Waals surface area (Å²) in [5.41, 5.74) is 0. The first kappa shape index (κ1) is 16.1. The van der Waals surface area contributed by atoms with Gasteiger partial charge in [0.25, 0.3) is 0 Å². The molecule has 1 aliphatic rings. The first-order chi connectivity index (χ1) is 8.73. The molecule has 0 spiro atoms. The normalized spacial score (nSPS) is 22.2. The van der Waals surface area contributed by atoms with Gasteiger partial charge in [0.05, 0.1) is 6.10 Å². The second-order valence-corrected chi connectivity index (χ2v) is 7.15. The molecule has 0 aliphatic carbocycles. The van der Waals surface area contributed by atoms with E-state index in [-0.39, 0.29) is 4.75 Å². The average molecular weight is 290 g/mol. The van der Waals surface area contributed by atoms with Crippen molar-refractivity contribution in [2.45, 2.75) is 44.1 Å². The van der Waals surface area contributed by atoms with E-state index in [1.165, 1.54) is 6.92 Å². The van der Waals surface area contributed by atoms with Gasteiger partial charge in [-0.25, -0.2) is 9.59 Å². The summed E-state index contributed by atoms with van der Waals surface area (Å²) in [5, 5.41) is 20.7. The van der Waals surface area contributed by atoms with E-state index in [0.717, 1.165) is 12.2 Å². The van der Waals surface area contributed by atoms with Crippen LogP contribution < -0.4 is 5.32 Å². The minimum absolute atomic E-state index is 0.130. The Labute approximate surface area is 117 Å². The molecule has 0 saturated carbocycles. The number of amides is 2. The Kier molecular flexibility index (Phi) is 5.49. The lowest BCUT2D eigenvalue weighted by Crippen LogP contribution is -2.52. The molecule has 1 saturated heterocycles. The van der Waals surface area contributed by atoms with Crippen molar-refractivity contribution in [3.05, 3.63) is 0 Å². The molecule has 110 valence electrons. The van der Waals surface area contributed by atoms with Gasteiger partial charge >= 0.3 is 12.0 Å². The summed E-state index contributed by atoms with van der Waals surface area (Å²) in [5.74, 6) is -0.403. The molecule has 1 rings (SSSR count). The predicted octanol–water partition coefficient (Wildman–Crippen LogP) is 0.747. The number of carboxylic acid groups (broad SMARTS) is 1. The lowest BCUT2D eigenvalue weighted by atomic mass is 10.1. The molecule has 1 fully saturated rings. The van der Waals surface area contributed by atoms with Crippen molar-refractivity contribution in [2.75, 3.05) is 18.8 Å². The molecule has 0 radical (unpaired) electrons. The van der Waals surface area contributed by atoms with Crippen LogP contribution in [0.5, 0.6) is 0 Å². The fourth-order valence-electron chi connectivity index (χ4n) is 1.84. The van der Waals surface area contributed by atoms with Gasteiger partial charge in [0, 0.05) is 23.6 Å². The van der Waals surface area contributed by atoms with Crippen LogP contribution in [-0.4, -0.2) is 62.8 Å². The van der Waals surface area contributed by atoms with Crippen molar-refractivity contribution in [1.82, 2.24) is 10.2 Å². The van der Waals surface area contributed by atoms with E-state index in [1.807, 2.05) is 0 Å². The standard InChI is InChI=1S/C12H22N2O4S/c1-8(15)9(10(16)17)13-11(18)14-5-4-12(2,3)19-7-6-14/h8-9,15H,4-7H2,1-3H3,(H,13,18)(H,16,17)/t8-,9+/m1/s1. The number of rotatable bonds is 3. The number of nitrogens with one attached hydrogen (secondary N) is 1. The third-order valence-electron chi connectivity index (χ3n) is 3.15. The zero-order valence-corrected chi connectivity index (χ0v) is 12.4. The Morgan fingerprint density at radius 2 is 2.00 bits per heavy atom. The van der Waals surface area contributed by atoms with Gasteiger partial charge in [-0.15, -0.1) is 0 Å². The van der Waals surface area contributed by atoms with Crippen LogP contribution in [0.2, 0.25) is 0 Å². The summed E-state index contributed by atoms with van der Waals surface area (Å²) in [7, 11) is 0. The molecule has 0 aromatic carbocycles. The number of aliphatic hydroxyl groups excluding tert-OH is 1. The topological polar surface area (TPSA) is 89.9 Å². The molecule has 2 amide bonds. The number of hydrogen-bond acceptors (Lipinski definition) is 4. The lowest BCUT2D eigenvalue weighted by molar-refractivity contribution is -0.141. The SMILES string of the molecule is C[C@@H](O)[C@H](NC(=O)N1CCSC(C)(C)CC1)C(=O)O. The molecule has 0 unspecified atom stereocenters. The summed E-state index contributed by atoms with van der Waals surface area (Å²) < 4.78 is 0.130. The fourth-order valence-corrected chi connectivity index (χ4v) is 2.94. The van der Waals surface area contributed by atoms with Crippen LogP contribution in [-0.2, 0) is 4.79 Å². The van der Waals surface area contributed by atoms with Crippen molar-refractivity contribution >= 4 is 23.8 Å². The van der Waals surface area contributed by atoms with Gasteiger partial charge in [-0.3, -0.25) is 0 Å². The summed E-state index contributed by atoms with van der Waals surface area (Å²) in [4.78, 5) is 24.6. The van der Waals surface area contributed by atoms with Crippen LogP contribution in [0.15, 0.2) is 0 Å². The van der Waals surface area contributed by atoms with Crippen LogP contribution in [0, 0.1) is 0 Å². The summed E-state index contributed by atoms with van der Waals surface area (Å²) >= 11 is 1.81. The van der Waals surface area contributed by atoms with Gasteiger partial charge in [-0.2, -0.15) is 11.8 Å². The largest absolute Gasteiger partial charge is 0.480 e. The zero-order valence-electron chi connectivity index (χ0n) is 11.5. The molecule has 6 nitrogen and oxygen atoms in total. The number of carbonyl (C=O) groups excluding carboxylic acids is 1. The molecule has 0 bridgehead atoms. The quantitative estimate of drug-likeness (QED) is 0.713. The highest BCUT2D eigenvalue weighted by atomic mass is 32.2. The number of urea groups is 1. The van der Waals surface area contributed by atoms with Gasteiger partial charge in [0.15, 0.2) is 6.04 Å². The van der Waals surface area contributed by atoms with E-state index >= 15 is 0 Å². The molecule has 2 atom stereocenters. The van der Waals surface area contributed by atoms with Crippen LogP contribution in [0.3, 0.4) is 0 Å². The maximum Gasteiger partial charge on any atom is 0.328 e. The number of carboxylic acids is 1. The van der Waals surface area contributed by atoms with Crippen LogP contribution in [0.25, 0.3) is 0 Å². The molecule has 0 aromatic heterocycles. The summed E-state index contributed by atoms with van der Waals surface area (Å²) in [6.45, 7) is 6.80. The van der Waals surface area contributed by atoms with Crippen LogP contribution >= 0.6 is 11.8 Å². The molecule has 0 aromatic rings. The number of thioether (sulfide) groups is 1. The Morgan fingerprint density at radius 1 is 1.37 bits per heavy atom. The van der Waals surface area contributed by atoms with Crippen molar-refractivity contribution < 1.29 is 19.8 Å². The van der Waals surface area contributed by atoms with E-state index in [1.54, 1.807) is 16.7 Å². The van der Waals surface area contributed by atoms with Crippen LogP contribution in [0.1, 0.15) is 27.2 Å². The van der Waals surface area contributed by atoms with E-state index in [0.29, 0.717) is 13.1 Å². The molecule has 1 heterocycles. The van der Waals surface area contributed by atoms with E-state index in [4.69, 9.17) is 5.11 Å². The molecular weight excluding hydrogens is 268 g/mol. The smallest absolute Gasteiger partial charge is 0.328 e. The highest BCUT2D eigenvalue weighted by Gasteiger charge is 2.30. The number of nitrogens with zero attached hydrogens (tertiary/aromatic N) is 1. The van der Waals surface area contributed by atoms with E-state index in [2.05, 4.69) is 19.2 Å². The number of carbonyl (C=O) groups is 2. The van der Waals surface area contributed by atoms with E-state index < -0.39 is 24.1 Å². The monoisotopic (exact) mass is 290 g/mol. The first-order valence-electron chi connectivity index (χ1n) is 6.33. The summed E-state index contributed by atoms with van der Waals surface area (Å²) in [6, 6.07) is -1.69. The Bertz CT molecular complexity index is 347. The van der Waals surface area contributed by atoms with Crippen molar-refractivity contribution in [3.8, 4) is 0 Å². The van der Waals surface area contributed by atoms with Crippen LogP contribution in [0.4, 0.5) is 4.79 Å². The van der Waals surface area contributed by atoms with Gasteiger partial charge in [0.2, 0.25) is 0 Å². The molecular formula is C12H22N2O4S. The minimum atomic E-state index is -1.27. The Morgan fingerprint density at radius 3 is 2.53 bits per heavy atom. The van der Waals surface area contributed by atoms with Gasteiger partial charge in [0.1, 0.15) is 0 Å². The van der Waals surface area contributed by atoms with Crippen molar-refractivity contribution in [2.24, 2.45) is 0 Å². The maximum atomic E-state index is 12.0. The fraction of sp³-hybridized carbons (Fsp3) is 0.833. The van der Waals surface area contributed by atoms with Crippen molar-refractivity contribution in [1.29, 1.82) is 0 Å². The number of hydrogen-bond donors (Lipinski definition) is 3. The maximum absolute atomic E-state index is 12.0. The molecule has 1 aliphatic heterocycles. The van der Waals surface area contributed by atoms with Gasteiger partial charge in [-0.1, -0.05) is 13.8 Å². The highest BCUT2D eigenvalue weighted by Crippen LogP contribution is 2.30. The second-order valence-electron chi connectivity index (χ2n) is 5.35. The Balaban J connectivity index is 2.60. The van der Waals surface area contributed by atoms with Gasteiger partial charge in [-0.05, 0) is 13.3 Å². The predicted molar refractivity (Wildman–Crippen MR) is 74.4 cm³/mol. The number of aliphatic hydroxyl groups is 1. The first-order valence-corrected chi connectivity index (χ1v) is 7.32.